The Kier molecular flexibility index (Phi) is 7.15. The molecule has 1 unspecified atom stereocenters. The highest BCUT2D eigenvalue weighted by atomic mass is 16.5. The summed E-state index contributed by atoms with van der Waals surface area (Å²) in [5.41, 5.74) is 2.56. The van der Waals surface area contributed by atoms with Gasteiger partial charge in [0, 0.05) is 19.6 Å². The average molecular weight is 325 g/mol. The second kappa shape index (κ2) is 9.60. The molecule has 0 aromatic heterocycles. The summed E-state index contributed by atoms with van der Waals surface area (Å²) >= 11 is 0. The van der Waals surface area contributed by atoms with Crippen LogP contribution < -0.4 is 15.4 Å². The van der Waals surface area contributed by atoms with Crippen LogP contribution in [-0.2, 0) is 13.0 Å². The molecule has 0 saturated carbocycles. The lowest BCUT2D eigenvalue weighted by molar-refractivity contribution is 0.414. The molecular weight excluding hydrogens is 298 g/mol. The smallest absolute Gasteiger partial charge is 0.191 e. The molecule has 0 fully saturated rings. The zero-order valence-corrected chi connectivity index (χ0v) is 14.8. The van der Waals surface area contributed by atoms with Gasteiger partial charge in [-0.25, -0.2) is 0 Å². The number of rotatable bonds is 7. The van der Waals surface area contributed by atoms with Gasteiger partial charge in [0.15, 0.2) is 5.96 Å². The monoisotopic (exact) mass is 325 g/mol. The second-order valence-corrected chi connectivity index (χ2v) is 5.84. The molecule has 1 atom stereocenters. The SMILES string of the molecule is CN=C(NCc1ccc(OC)cc1)NC(C)CCc1ccccc1. The van der Waals surface area contributed by atoms with E-state index in [1.165, 1.54) is 11.1 Å². The predicted molar refractivity (Wildman–Crippen MR) is 101 cm³/mol. The van der Waals surface area contributed by atoms with Crippen LogP contribution in [0.5, 0.6) is 5.75 Å². The number of aliphatic imine (C=N–C) groups is 1. The molecule has 0 amide bonds. The first kappa shape index (κ1) is 17.9. The van der Waals surface area contributed by atoms with Gasteiger partial charge in [0.2, 0.25) is 0 Å². The lowest BCUT2D eigenvalue weighted by Crippen LogP contribution is -2.42. The van der Waals surface area contributed by atoms with Crippen molar-refractivity contribution in [2.45, 2.75) is 32.4 Å². The molecule has 24 heavy (non-hydrogen) atoms. The van der Waals surface area contributed by atoms with Gasteiger partial charge in [-0.15, -0.1) is 0 Å². The van der Waals surface area contributed by atoms with E-state index in [0.717, 1.165) is 31.1 Å². The van der Waals surface area contributed by atoms with Crippen LogP contribution >= 0.6 is 0 Å². The van der Waals surface area contributed by atoms with Gasteiger partial charge in [-0.2, -0.15) is 0 Å². The molecule has 0 bridgehead atoms. The molecule has 2 aromatic carbocycles. The fraction of sp³-hybridized carbons (Fsp3) is 0.350. The number of aryl methyl sites for hydroxylation is 1. The van der Waals surface area contributed by atoms with Crippen molar-refractivity contribution in [3.63, 3.8) is 0 Å². The van der Waals surface area contributed by atoms with Gasteiger partial charge in [0.25, 0.3) is 0 Å². The van der Waals surface area contributed by atoms with Gasteiger partial charge >= 0.3 is 0 Å². The Labute approximate surface area is 145 Å². The summed E-state index contributed by atoms with van der Waals surface area (Å²) in [7, 11) is 3.48. The topological polar surface area (TPSA) is 45.7 Å². The summed E-state index contributed by atoms with van der Waals surface area (Å²) in [6, 6.07) is 19.0. The minimum Gasteiger partial charge on any atom is -0.497 e. The van der Waals surface area contributed by atoms with E-state index in [1.807, 2.05) is 12.1 Å². The maximum absolute atomic E-state index is 5.18. The maximum Gasteiger partial charge on any atom is 0.191 e. The number of ether oxygens (including phenoxy) is 1. The van der Waals surface area contributed by atoms with Crippen molar-refractivity contribution in [3.8, 4) is 5.75 Å². The molecule has 0 aliphatic carbocycles. The molecule has 0 aliphatic heterocycles. The van der Waals surface area contributed by atoms with Gasteiger partial charge in [0.05, 0.1) is 7.11 Å². The zero-order valence-electron chi connectivity index (χ0n) is 14.8. The first-order valence-corrected chi connectivity index (χ1v) is 8.35. The van der Waals surface area contributed by atoms with Crippen molar-refractivity contribution < 1.29 is 4.74 Å². The van der Waals surface area contributed by atoms with Crippen LogP contribution in [0, 0.1) is 0 Å². The molecule has 2 N–H and O–H groups in total. The molecule has 0 heterocycles. The van der Waals surface area contributed by atoms with Gasteiger partial charge < -0.3 is 15.4 Å². The molecule has 4 heteroatoms. The third-order valence-electron chi connectivity index (χ3n) is 3.93. The van der Waals surface area contributed by atoms with Crippen LogP contribution in [0.15, 0.2) is 59.6 Å². The Balaban J connectivity index is 1.76. The van der Waals surface area contributed by atoms with Crippen LogP contribution in [-0.4, -0.2) is 26.2 Å². The Morgan fingerprint density at radius 2 is 1.75 bits per heavy atom. The Bertz CT molecular complexity index is 623. The molecule has 0 aliphatic rings. The highest BCUT2D eigenvalue weighted by molar-refractivity contribution is 5.79. The third kappa shape index (κ3) is 5.95. The fourth-order valence-electron chi connectivity index (χ4n) is 2.46. The molecule has 0 saturated heterocycles. The third-order valence-corrected chi connectivity index (χ3v) is 3.93. The average Bonchev–Trinajstić information content (AvgIpc) is 2.64. The lowest BCUT2D eigenvalue weighted by atomic mass is 10.1. The van der Waals surface area contributed by atoms with E-state index in [2.05, 4.69) is 65.0 Å². The molecule has 128 valence electrons. The summed E-state index contributed by atoms with van der Waals surface area (Å²) < 4.78 is 5.18. The number of nitrogens with zero attached hydrogens (tertiary/aromatic N) is 1. The second-order valence-electron chi connectivity index (χ2n) is 5.84. The summed E-state index contributed by atoms with van der Waals surface area (Å²) in [6.45, 7) is 2.91. The molecule has 0 spiro atoms. The number of hydrogen-bond donors (Lipinski definition) is 2. The number of benzene rings is 2. The fourth-order valence-corrected chi connectivity index (χ4v) is 2.46. The van der Waals surface area contributed by atoms with E-state index >= 15 is 0 Å². The zero-order chi connectivity index (χ0) is 17.2. The van der Waals surface area contributed by atoms with Crippen molar-refractivity contribution in [2.75, 3.05) is 14.2 Å². The maximum atomic E-state index is 5.18. The van der Waals surface area contributed by atoms with Gasteiger partial charge in [0.1, 0.15) is 5.75 Å². The standard InChI is InChI=1S/C20H27N3O/c1-16(9-10-17-7-5-4-6-8-17)23-20(21-2)22-15-18-11-13-19(24-3)14-12-18/h4-8,11-14,16H,9-10,15H2,1-3H3,(H2,21,22,23). The van der Waals surface area contributed by atoms with Gasteiger partial charge in [-0.1, -0.05) is 42.5 Å². The number of nitrogens with one attached hydrogen (secondary N) is 2. The van der Waals surface area contributed by atoms with E-state index < -0.39 is 0 Å². The van der Waals surface area contributed by atoms with Crippen molar-refractivity contribution in [1.29, 1.82) is 0 Å². The van der Waals surface area contributed by atoms with Crippen LogP contribution in [0.25, 0.3) is 0 Å². The summed E-state index contributed by atoms with van der Waals surface area (Å²) in [5.74, 6) is 1.70. The number of guanidine groups is 1. The minimum atomic E-state index is 0.354. The van der Waals surface area contributed by atoms with E-state index in [4.69, 9.17) is 4.74 Å². The molecule has 4 nitrogen and oxygen atoms in total. The van der Waals surface area contributed by atoms with E-state index in [9.17, 15) is 0 Å². The lowest BCUT2D eigenvalue weighted by Gasteiger charge is -2.18. The largest absolute Gasteiger partial charge is 0.497 e. The molecule has 2 aromatic rings. The Morgan fingerprint density at radius 1 is 1.04 bits per heavy atom. The van der Waals surface area contributed by atoms with Crippen molar-refractivity contribution in [2.24, 2.45) is 4.99 Å². The normalized spacial score (nSPS) is 12.5. The van der Waals surface area contributed by atoms with Crippen LogP contribution in [0.2, 0.25) is 0 Å². The Hall–Kier alpha value is -2.49. The van der Waals surface area contributed by atoms with E-state index in [-0.39, 0.29) is 0 Å². The molecule has 2 rings (SSSR count). The summed E-state index contributed by atoms with van der Waals surface area (Å²) in [4.78, 5) is 4.30. The van der Waals surface area contributed by atoms with Crippen LogP contribution in [0.4, 0.5) is 0 Å². The van der Waals surface area contributed by atoms with E-state index in [0.29, 0.717) is 6.04 Å². The van der Waals surface area contributed by atoms with Crippen molar-refractivity contribution >= 4 is 5.96 Å². The molecular formula is C20H27N3O. The summed E-state index contributed by atoms with van der Waals surface area (Å²) in [6.07, 6.45) is 2.12. The Morgan fingerprint density at radius 3 is 2.38 bits per heavy atom. The predicted octanol–water partition coefficient (Wildman–Crippen LogP) is 3.38. The number of methoxy groups -OCH3 is 1. The van der Waals surface area contributed by atoms with Crippen LogP contribution in [0.1, 0.15) is 24.5 Å². The van der Waals surface area contributed by atoms with Crippen molar-refractivity contribution in [3.05, 3.63) is 65.7 Å². The van der Waals surface area contributed by atoms with Crippen molar-refractivity contribution in [1.82, 2.24) is 10.6 Å². The summed E-state index contributed by atoms with van der Waals surface area (Å²) in [5, 5.41) is 6.79. The first-order valence-electron chi connectivity index (χ1n) is 8.35. The van der Waals surface area contributed by atoms with E-state index in [1.54, 1.807) is 14.2 Å². The van der Waals surface area contributed by atoms with Gasteiger partial charge in [-0.05, 0) is 43.0 Å². The van der Waals surface area contributed by atoms with Gasteiger partial charge in [-0.3, -0.25) is 4.99 Å². The van der Waals surface area contributed by atoms with Crippen LogP contribution in [0.3, 0.4) is 0 Å². The highest BCUT2D eigenvalue weighted by Gasteiger charge is 2.06. The molecule has 0 radical (unpaired) electrons. The minimum absolute atomic E-state index is 0.354. The number of hydrogen-bond acceptors (Lipinski definition) is 2. The highest BCUT2D eigenvalue weighted by Crippen LogP contribution is 2.11. The quantitative estimate of drug-likeness (QED) is 0.606. The first-order chi connectivity index (χ1) is 11.7.